The summed E-state index contributed by atoms with van der Waals surface area (Å²) in [5.41, 5.74) is 0.382. The lowest BCUT2D eigenvalue weighted by molar-refractivity contribution is 0.132. The lowest BCUT2D eigenvalue weighted by Gasteiger charge is -2.36. The van der Waals surface area contributed by atoms with Crippen LogP contribution < -0.4 is 5.32 Å². The maximum absolute atomic E-state index is 3.55. The van der Waals surface area contributed by atoms with Gasteiger partial charge in [-0.25, -0.2) is 0 Å². The maximum atomic E-state index is 3.55. The van der Waals surface area contributed by atoms with Gasteiger partial charge in [-0.05, 0) is 38.8 Å². The number of hydrogen-bond acceptors (Lipinski definition) is 2. The van der Waals surface area contributed by atoms with Gasteiger partial charge >= 0.3 is 0 Å². The minimum Gasteiger partial charge on any atom is -0.313 e. The van der Waals surface area contributed by atoms with Crippen LogP contribution in [0, 0.1) is 5.41 Å². The molecular weight excluding hydrogens is 172 g/mol. The fourth-order valence-electron chi connectivity index (χ4n) is 2.08. The van der Waals surface area contributed by atoms with Gasteiger partial charge in [0.1, 0.15) is 0 Å². The summed E-state index contributed by atoms with van der Waals surface area (Å²) in [4.78, 5) is 2.49. The molecule has 1 rings (SSSR count). The SMILES string of the molecule is CC(N(C)C[C@@H]1CCCN1)C(C)(C)C. The summed E-state index contributed by atoms with van der Waals surface area (Å²) in [5, 5.41) is 3.55. The minimum absolute atomic E-state index is 0.382. The highest BCUT2D eigenvalue weighted by atomic mass is 15.2. The Balaban J connectivity index is 2.36. The normalized spacial score (nSPS) is 25.7. The van der Waals surface area contributed by atoms with E-state index in [1.807, 2.05) is 0 Å². The Morgan fingerprint density at radius 1 is 1.43 bits per heavy atom. The van der Waals surface area contributed by atoms with Gasteiger partial charge in [-0.3, -0.25) is 0 Å². The van der Waals surface area contributed by atoms with E-state index >= 15 is 0 Å². The lowest BCUT2D eigenvalue weighted by atomic mass is 9.87. The maximum Gasteiger partial charge on any atom is 0.0195 e. The number of nitrogens with one attached hydrogen (secondary N) is 1. The average molecular weight is 198 g/mol. The second kappa shape index (κ2) is 4.63. The molecule has 2 heteroatoms. The molecule has 2 nitrogen and oxygen atoms in total. The van der Waals surface area contributed by atoms with Gasteiger partial charge in [0.05, 0.1) is 0 Å². The van der Waals surface area contributed by atoms with Gasteiger partial charge in [-0.2, -0.15) is 0 Å². The van der Waals surface area contributed by atoms with Crippen molar-refractivity contribution in [3.8, 4) is 0 Å². The highest BCUT2D eigenvalue weighted by molar-refractivity contribution is 4.82. The van der Waals surface area contributed by atoms with E-state index in [4.69, 9.17) is 0 Å². The molecule has 1 aliphatic rings. The van der Waals surface area contributed by atoms with Gasteiger partial charge in [0.25, 0.3) is 0 Å². The van der Waals surface area contributed by atoms with E-state index in [2.05, 4.69) is 45.0 Å². The van der Waals surface area contributed by atoms with E-state index in [0.717, 1.165) is 6.04 Å². The van der Waals surface area contributed by atoms with Crippen molar-refractivity contribution in [2.45, 2.75) is 52.6 Å². The summed E-state index contributed by atoms with van der Waals surface area (Å²) in [6.45, 7) is 11.7. The molecule has 1 N–H and O–H groups in total. The predicted molar refractivity (Wildman–Crippen MR) is 62.6 cm³/mol. The van der Waals surface area contributed by atoms with Gasteiger partial charge in [-0.1, -0.05) is 20.8 Å². The van der Waals surface area contributed by atoms with E-state index in [1.165, 1.54) is 25.9 Å². The molecule has 0 spiro atoms. The Morgan fingerprint density at radius 3 is 2.50 bits per heavy atom. The number of likely N-dealkylation sites (N-methyl/N-ethyl adjacent to an activating group) is 1. The van der Waals surface area contributed by atoms with Crippen molar-refractivity contribution in [1.29, 1.82) is 0 Å². The van der Waals surface area contributed by atoms with Gasteiger partial charge < -0.3 is 10.2 Å². The quantitative estimate of drug-likeness (QED) is 0.747. The summed E-state index contributed by atoms with van der Waals surface area (Å²) in [6.07, 6.45) is 2.70. The Hall–Kier alpha value is -0.0800. The first kappa shape index (κ1) is 12.0. The molecule has 0 aromatic carbocycles. The van der Waals surface area contributed by atoms with Crippen molar-refractivity contribution in [2.24, 2.45) is 5.41 Å². The average Bonchev–Trinajstić information content (AvgIpc) is 2.53. The van der Waals surface area contributed by atoms with Crippen LogP contribution in [0.15, 0.2) is 0 Å². The van der Waals surface area contributed by atoms with Crippen LogP contribution in [0.1, 0.15) is 40.5 Å². The van der Waals surface area contributed by atoms with E-state index < -0.39 is 0 Å². The van der Waals surface area contributed by atoms with Crippen LogP contribution in [-0.4, -0.2) is 37.1 Å². The smallest absolute Gasteiger partial charge is 0.0195 e. The van der Waals surface area contributed by atoms with Crippen molar-refractivity contribution in [3.63, 3.8) is 0 Å². The first-order chi connectivity index (χ1) is 6.41. The fraction of sp³-hybridized carbons (Fsp3) is 1.00. The Labute approximate surface area is 89.1 Å². The zero-order valence-corrected chi connectivity index (χ0v) is 10.4. The zero-order valence-electron chi connectivity index (χ0n) is 10.4. The van der Waals surface area contributed by atoms with E-state index in [1.54, 1.807) is 0 Å². The second-order valence-electron chi connectivity index (χ2n) is 5.77. The molecule has 0 saturated carbocycles. The van der Waals surface area contributed by atoms with Gasteiger partial charge in [0.15, 0.2) is 0 Å². The van der Waals surface area contributed by atoms with Crippen LogP contribution in [0.5, 0.6) is 0 Å². The van der Waals surface area contributed by atoms with Crippen molar-refractivity contribution < 1.29 is 0 Å². The lowest BCUT2D eigenvalue weighted by Crippen LogP contribution is -2.45. The van der Waals surface area contributed by atoms with E-state index in [0.29, 0.717) is 11.5 Å². The molecule has 0 bridgehead atoms. The third kappa shape index (κ3) is 3.25. The third-order valence-electron chi connectivity index (χ3n) is 3.59. The van der Waals surface area contributed by atoms with Crippen LogP contribution in [0.2, 0.25) is 0 Å². The molecule has 0 aromatic rings. The summed E-state index contributed by atoms with van der Waals surface area (Å²) < 4.78 is 0. The van der Waals surface area contributed by atoms with E-state index in [-0.39, 0.29) is 0 Å². The van der Waals surface area contributed by atoms with Crippen molar-refractivity contribution in [2.75, 3.05) is 20.1 Å². The molecule has 0 amide bonds. The summed E-state index contributed by atoms with van der Waals surface area (Å²) in [6, 6.07) is 1.37. The standard InChI is InChI=1S/C12H26N2/c1-10(12(2,3)4)14(5)9-11-7-6-8-13-11/h10-11,13H,6-9H2,1-5H3/t10?,11-/m0/s1. The summed E-state index contributed by atoms with van der Waals surface area (Å²) >= 11 is 0. The highest BCUT2D eigenvalue weighted by Gasteiger charge is 2.26. The Bertz CT molecular complexity index is 166. The third-order valence-corrected chi connectivity index (χ3v) is 3.59. The van der Waals surface area contributed by atoms with Crippen LogP contribution >= 0.6 is 0 Å². The Kier molecular flexibility index (Phi) is 3.96. The topological polar surface area (TPSA) is 15.3 Å². The largest absolute Gasteiger partial charge is 0.313 e. The summed E-state index contributed by atoms with van der Waals surface area (Å²) in [7, 11) is 2.25. The monoisotopic (exact) mass is 198 g/mol. The second-order valence-corrected chi connectivity index (χ2v) is 5.77. The first-order valence-corrected chi connectivity index (χ1v) is 5.85. The summed E-state index contributed by atoms with van der Waals surface area (Å²) in [5.74, 6) is 0. The molecule has 0 radical (unpaired) electrons. The molecule has 0 aromatic heterocycles. The van der Waals surface area contributed by atoms with Crippen LogP contribution in [0.25, 0.3) is 0 Å². The van der Waals surface area contributed by atoms with Gasteiger partial charge in [0, 0.05) is 18.6 Å². The molecule has 1 aliphatic heterocycles. The number of nitrogens with zero attached hydrogens (tertiary/aromatic N) is 1. The number of hydrogen-bond donors (Lipinski definition) is 1. The fourth-order valence-corrected chi connectivity index (χ4v) is 2.08. The van der Waals surface area contributed by atoms with Gasteiger partial charge in [-0.15, -0.1) is 0 Å². The van der Waals surface area contributed by atoms with Crippen LogP contribution in [-0.2, 0) is 0 Å². The molecule has 84 valence electrons. The highest BCUT2D eigenvalue weighted by Crippen LogP contribution is 2.23. The van der Waals surface area contributed by atoms with Gasteiger partial charge in [0.2, 0.25) is 0 Å². The Morgan fingerprint density at radius 2 is 2.07 bits per heavy atom. The molecule has 1 unspecified atom stereocenters. The predicted octanol–water partition coefficient (Wildman–Crippen LogP) is 2.10. The van der Waals surface area contributed by atoms with E-state index in [9.17, 15) is 0 Å². The molecule has 1 fully saturated rings. The molecule has 1 saturated heterocycles. The molecule has 0 aliphatic carbocycles. The zero-order chi connectivity index (χ0) is 10.8. The number of rotatable bonds is 3. The molecule has 2 atom stereocenters. The molecule has 14 heavy (non-hydrogen) atoms. The van der Waals surface area contributed by atoms with Crippen LogP contribution in [0.3, 0.4) is 0 Å². The van der Waals surface area contributed by atoms with Crippen LogP contribution in [0.4, 0.5) is 0 Å². The molecular formula is C12H26N2. The van der Waals surface area contributed by atoms with Crippen molar-refractivity contribution in [3.05, 3.63) is 0 Å². The van der Waals surface area contributed by atoms with Crippen molar-refractivity contribution in [1.82, 2.24) is 10.2 Å². The minimum atomic E-state index is 0.382. The first-order valence-electron chi connectivity index (χ1n) is 5.85. The van der Waals surface area contributed by atoms with Crippen molar-refractivity contribution >= 4 is 0 Å². The molecule has 1 heterocycles.